The van der Waals surface area contributed by atoms with Gasteiger partial charge in [0, 0.05) is 13.1 Å². The summed E-state index contributed by atoms with van der Waals surface area (Å²) in [5.41, 5.74) is 4.92. The van der Waals surface area contributed by atoms with Crippen molar-refractivity contribution in [3.05, 3.63) is 0 Å². The van der Waals surface area contributed by atoms with E-state index in [2.05, 4.69) is 32.0 Å². The highest BCUT2D eigenvalue weighted by atomic mass is 16.2. The number of hydrogen-bond donors (Lipinski definition) is 2. The van der Waals surface area contributed by atoms with Gasteiger partial charge in [-0.25, -0.2) is 4.79 Å². The third-order valence-electron chi connectivity index (χ3n) is 1.51. The second-order valence-electron chi connectivity index (χ2n) is 3.18. The molecule has 1 saturated heterocycles. The minimum atomic E-state index is -0.470. The summed E-state index contributed by atoms with van der Waals surface area (Å²) in [5.74, 6) is -0.470. The van der Waals surface area contributed by atoms with Gasteiger partial charge in [0.25, 0.3) is 0 Å². The van der Waals surface area contributed by atoms with Crippen LogP contribution in [0.2, 0.25) is 0 Å². The lowest BCUT2D eigenvalue weighted by atomic mass is 10.3. The van der Waals surface area contributed by atoms with Crippen molar-refractivity contribution in [2.45, 2.75) is 26.7 Å². The molecule has 1 fully saturated rings. The molecule has 0 aliphatic carbocycles. The van der Waals surface area contributed by atoms with Gasteiger partial charge in [0.15, 0.2) is 0 Å². The molecule has 1 aliphatic heterocycles. The molecule has 0 saturated carbocycles. The molecule has 0 bridgehead atoms. The topological polar surface area (TPSA) is 75.4 Å². The molecular formula is C11H21N3O2. The Morgan fingerprint density at radius 1 is 1.50 bits per heavy atom. The van der Waals surface area contributed by atoms with E-state index >= 15 is 0 Å². The first kappa shape index (κ1) is 16.7. The Balaban J connectivity index is 0. The van der Waals surface area contributed by atoms with E-state index in [0.29, 0.717) is 13.1 Å². The van der Waals surface area contributed by atoms with Crippen LogP contribution in [0.1, 0.15) is 26.7 Å². The van der Waals surface area contributed by atoms with Gasteiger partial charge in [0.05, 0.1) is 0 Å². The maximum absolute atomic E-state index is 10.9. The maximum Gasteiger partial charge on any atom is 0.317 e. The van der Waals surface area contributed by atoms with Gasteiger partial charge in [-0.3, -0.25) is 4.79 Å². The first-order valence-corrected chi connectivity index (χ1v) is 5.26. The number of terminal acetylenes is 1. The molecule has 5 nitrogen and oxygen atoms in total. The van der Waals surface area contributed by atoms with Crippen LogP contribution >= 0.6 is 0 Å². The molecule has 0 atom stereocenters. The van der Waals surface area contributed by atoms with E-state index < -0.39 is 5.91 Å². The van der Waals surface area contributed by atoms with Crippen molar-refractivity contribution in [1.29, 1.82) is 0 Å². The van der Waals surface area contributed by atoms with Gasteiger partial charge in [0.2, 0.25) is 5.91 Å². The van der Waals surface area contributed by atoms with E-state index in [4.69, 9.17) is 5.73 Å². The van der Waals surface area contributed by atoms with Crippen LogP contribution in [0.3, 0.4) is 0 Å². The van der Waals surface area contributed by atoms with Crippen molar-refractivity contribution < 1.29 is 9.59 Å². The number of urea groups is 1. The molecule has 5 heteroatoms. The van der Waals surface area contributed by atoms with Gasteiger partial charge in [-0.2, -0.15) is 0 Å². The molecule has 0 spiro atoms. The van der Waals surface area contributed by atoms with Gasteiger partial charge in [-0.1, -0.05) is 20.3 Å². The molecule has 0 radical (unpaired) electrons. The largest absolute Gasteiger partial charge is 0.368 e. The molecule has 0 aromatic heterocycles. The maximum atomic E-state index is 10.9. The molecule has 1 aliphatic rings. The number of hydrogen-bond acceptors (Lipinski definition) is 2. The van der Waals surface area contributed by atoms with E-state index in [1.54, 1.807) is 0 Å². The van der Waals surface area contributed by atoms with Crippen molar-refractivity contribution in [2.75, 3.05) is 19.6 Å². The zero-order chi connectivity index (χ0) is 13.0. The molecule has 1 heterocycles. The fourth-order valence-corrected chi connectivity index (χ4v) is 1.02. The zero-order valence-corrected chi connectivity index (χ0v) is 10.0. The minimum Gasteiger partial charge on any atom is -0.368 e. The second kappa shape index (κ2) is 11.4. The average molecular weight is 227 g/mol. The predicted molar refractivity (Wildman–Crippen MR) is 64.6 cm³/mol. The number of nitrogens with one attached hydrogen (secondary N) is 1. The number of amides is 3. The monoisotopic (exact) mass is 227 g/mol. The lowest BCUT2D eigenvalue weighted by Gasteiger charge is -2.25. The fraction of sp³-hybridized carbons (Fsp3) is 0.636. The van der Waals surface area contributed by atoms with E-state index in [1.807, 2.05) is 0 Å². The van der Waals surface area contributed by atoms with Crippen molar-refractivity contribution in [1.82, 2.24) is 10.2 Å². The summed E-state index contributed by atoms with van der Waals surface area (Å²) in [7, 11) is 0. The lowest BCUT2D eigenvalue weighted by molar-refractivity contribution is -0.118. The van der Waals surface area contributed by atoms with Gasteiger partial charge in [-0.15, -0.1) is 12.8 Å². The summed E-state index contributed by atoms with van der Waals surface area (Å²) in [6.45, 7) is 5.58. The molecule has 16 heavy (non-hydrogen) atoms. The van der Waals surface area contributed by atoms with Crippen molar-refractivity contribution in [2.24, 2.45) is 5.73 Å². The third-order valence-corrected chi connectivity index (χ3v) is 1.51. The highest BCUT2D eigenvalue weighted by molar-refractivity contribution is 5.83. The molecule has 3 amide bonds. The summed E-state index contributed by atoms with van der Waals surface area (Å²) in [6.07, 6.45) is 10.1. The quantitative estimate of drug-likeness (QED) is 0.676. The Kier molecular flexibility index (Phi) is 11.9. The Morgan fingerprint density at radius 3 is 2.38 bits per heavy atom. The van der Waals surface area contributed by atoms with Gasteiger partial charge >= 0.3 is 6.03 Å². The Hall–Kier alpha value is -1.70. The van der Waals surface area contributed by atoms with Crippen LogP contribution in [0, 0.1) is 12.8 Å². The SMILES string of the molecule is C#C.CCC.NC(=O)CN1CCCNC1=O. The second-order valence-corrected chi connectivity index (χ2v) is 3.18. The summed E-state index contributed by atoms with van der Waals surface area (Å²) in [6, 6.07) is -0.199. The molecule has 0 aromatic rings. The van der Waals surface area contributed by atoms with Crippen LogP contribution in [0.25, 0.3) is 0 Å². The van der Waals surface area contributed by atoms with Gasteiger partial charge in [0.1, 0.15) is 6.54 Å². The van der Waals surface area contributed by atoms with Crippen molar-refractivity contribution >= 4 is 11.9 Å². The molecule has 0 aromatic carbocycles. The first-order chi connectivity index (χ1) is 7.61. The van der Waals surface area contributed by atoms with Gasteiger partial charge < -0.3 is 16.0 Å². The highest BCUT2D eigenvalue weighted by Gasteiger charge is 2.18. The predicted octanol–water partition coefficient (Wildman–Crippen LogP) is 0.553. The van der Waals surface area contributed by atoms with Gasteiger partial charge in [-0.05, 0) is 6.42 Å². The summed E-state index contributed by atoms with van der Waals surface area (Å²) >= 11 is 0. The summed E-state index contributed by atoms with van der Waals surface area (Å²) < 4.78 is 0. The van der Waals surface area contributed by atoms with Crippen LogP contribution in [0.4, 0.5) is 4.79 Å². The van der Waals surface area contributed by atoms with Crippen LogP contribution < -0.4 is 11.1 Å². The number of carbonyl (C=O) groups excluding carboxylic acids is 2. The molecular weight excluding hydrogens is 206 g/mol. The highest BCUT2D eigenvalue weighted by Crippen LogP contribution is 1.96. The van der Waals surface area contributed by atoms with Crippen LogP contribution in [0.5, 0.6) is 0 Å². The first-order valence-electron chi connectivity index (χ1n) is 5.26. The lowest BCUT2D eigenvalue weighted by Crippen LogP contribution is -2.49. The van der Waals surface area contributed by atoms with Crippen LogP contribution in [-0.4, -0.2) is 36.5 Å². The normalized spacial score (nSPS) is 13.5. The molecule has 92 valence electrons. The van der Waals surface area contributed by atoms with Crippen molar-refractivity contribution in [3.8, 4) is 12.8 Å². The van der Waals surface area contributed by atoms with E-state index in [9.17, 15) is 9.59 Å². The number of primary amides is 1. The zero-order valence-electron chi connectivity index (χ0n) is 10.0. The minimum absolute atomic E-state index is 0.0197. The Labute approximate surface area is 97.4 Å². The van der Waals surface area contributed by atoms with Crippen LogP contribution in [0.15, 0.2) is 0 Å². The third kappa shape index (κ3) is 8.88. The molecule has 3 N–H and O–H groups in total. The van der Waals surface area contributed by atoms with E-state index in [1.165, 1.54) is 11.3 Å². The van der Waals surface area contributed by atoms with E-state index in [-0.39, 0.29) is 12.6 Å². The fourth-order valence-electron chi connectivity index (χ4n) is 1.02. The number of nitrogens with zero attached hydrogens (tertiary/aromatic N) is 1. The summed E-state index contributed by atoms with van der Waals surface area (Å²) in [4.78, 5) is 22.8. The molecule has 1 rings (SSSR count). The van der Waals surface area contributed by atoms with E-state index in [0.717, 1.165) is 6.42 Å². The summed E-state index contributed by atoms with van der Waals surface area (Å²) in [5, 5.41) is 2.62. The average Bonchev–Trinajstić information content (AvgIpc) is 2.25. The van der Waals surface area contributed by atoms with Crippen LogP contribution in [-0.2, 0) is 4.79 Å². The number of carbonyl (C=O) groups is 2. The Morgan fingerprint density at radius 2 is 2.00 bits per heavy atom. The molecule has 0 unspecified atom stereocenters. The Bertz CT molecular complexity index is 227. The standard InChI is InChI=1S/C6H11N3O2.C3H8.C2H2/c7-5(10)4-9-3-1-2-8-6(9)11;1-3-2;1-2/h1-4H2,(H2,7,10)(H,8,11);3H2,1-2H3;1-2H. The smallest absolute Gasteiger partial charge is 0.317 e. The number of nitrogens with two attached hydrogens (primary N) is 1. The number of rotatable bonds is 2. The van der Waals surface area contributed by atoms with Crippen molar-refractivity contribution in [3.63, 3.8) is 0 Å².